The maximum absolute atomic E-state index is 12.3. The largest absolute Gasteiger partial charge is 0.323 e. The molecule has 0 aliphatic rings. The van der Waals surface area contributed by atoms with Gasteiger partial charge in [-0.05, 0) is 19.9 Å². The van der Waals surface area contributed by atoms with Gasteiger partial charge in [0.2, 0.25) is 0 Å². The lowest BCUT2D eigenvalue weighted by atomic mass is 10.4. The lowest BCUT2D eigenvalue weighted by Crippen LogP contribution is -2.29. The maximum atomic E-state index is 12.3. The molecule has 0 aliphatic carbocycles. The summed E-state index contributed by atoms with van der Waals surface area (Å²) in [6.45, 7) is 3.20. The first kappa shape index (κ1) is 15.6. The van der Waals surface area contributed by atoms with Crippen LogP contribution >= 0.6 is 0 Å². The molecule has 0 atom stereocenters. The molecule has 0 amide bonds. The number of hydrogen-bond donors (Lipinski definition) is 0. The van der Waals surface area contributed by atoms with E-state index in [1.54, 1.807) is 19.9 Å². The van der Waals surface area contributed by atoms with Gasteiger partial charge in [0.25, 0.3) is 5.16 Å². The lowest BCUT2D eigenvalue weighted by molar-refractivity contribution is 0.502. The van der Waals surface area contributed by atoms with Crippen LogP contribution < -0.4 is 0 Å². The van der Waals surface area contributed by atoms with Crippen LogP contribution in [0.15, 0.2) is 17.6 Å². The molecule has 0 N–H and O–H groups in total. The number of nitrogens with zero attached hydrogens (tertiary/aromatic N) is 6. The van der Waals surface area contributed by atoms with E-state index in [1.807, 2.05) is 0 Å². The van der Waals surface area contributed by atoms with Crippen molar-refractivity contribution in [1.29, 1.82) is 0 Å². The van der Waals surface area contributed by atoms with Gasteiger partial charge in [-0.1, -0.05) is 0 Å². The number of aryl methyl sites for hydroxylation is 2. The van der Waals surface area contributed by atoms with Crippen LogP contribution in [0.2, 0.25) is 0 Å². The molecule has 0 aromatic carbocycles. The van der Waals surface area contributed by atoms with Crippen LogP contribution in [-0.4, -0.2) is 58.6 Å². The van der Waals surface area contributed by atoms with Crippen molar-refractivity contribution in [3.8, 4) is 0 Å². The Labute approximate surface area is 122 Å². The van der Waals surface area contributed by atoms with E-state index in [1.165, 1.54) is 14.1 Å². The van der Waals surface area contributed by atoms with Crippen molar-refractivity contribution in [1.82, 2.24) is 27.7 Å². The van der Waals surface area contributed by atoms with Crippen molar-refractivity contribution in [3.63, 3.8) is 0 Å². The topological polar surface area (TPSA) is 120 Å². The molecule has 0 spiro atoms. The van der Waals surface area contributed by atoms with Crippen molar-refractivity contribution in [2.45, 2.75) is 19.0 Å². The van der Waals surface area contributed by atoms with Gasteiger partial charge < -0.3 is 0 Å². The third-order valence-electron chi connectivity index (χ3n) is 2.58. The molecular formula is C9H14N6O4S2. The fourth-order valence-electron chi connectivity index (χ4n) is 1.56. The van der Waals surface area contributed by atoms with Gasteiger partial charge in [-0.3, -0.25) is 0 Å². The zero-order chi connectivity index (χ0) is 16.0. The van der Waals surface area contributed by atoms with Crippen LogP contribution in [0.1, 0.15) is 11.4 Å². The second-order valence-electron chi connectivity index (χ2n) is 4.46. The summed E-state index contributed by atoms with van der Waals surface area (Å²) in [4.78, 5) is 3.56. The first-order valence-electron chi connectivity index (χ1n) is 5.70. The maximum Gasteiger partial charge on any atom is 0.323 e. The highest BCUT2D eigenvalue weighted by atomic mass is 32.2. The van der Waals surface area contributed by atoms with Gasteiger partial charge in [0, 0.05) is 14.1 Å². The second kappa shape index (κ2) is 4.89. The average Bonchev–Trinajstić information content (AvgIpc) is 2.96. The van der Waals surface area contributed by atoms with Crippen molar-refractivity contribution in [3.05, 3.63) is 23.8 Å². The molecule has 0 radical (unpaired) electrons. The number of aromatic nitrogens is 5. The molecular weight excluding hydrogens is 320 g/mol. The van der Waals surface area contributed by atoms with Crippen LogP contribution in [0, 0.1) is 13.8 Å². The molecule has 2 aromatic rings. The molecule has 0 unspecified atom stereocenters. The zero-order valence-electron chi connectivity index (χ0n) is 11.8. The minimum atomic E-state index is -4.13. The van der Waals surface area contributed by atoms with Crippen molar-refractivity contribution in [2.75, 3.05) is 14.1 Å². The number of rotatable bonds is 4. The molecule has 2 aromatic heterocycles. The summed E-state index contributed by atoms with van der Waals surface area (Å²) in [7, 11) is -5.46. The third kappa shape index (κ3) is 2.56. The molecule has 0 fully saturated rings. The molecule has 2 rings (SSSR count). The van der Waals surface area contributed by atoms with E-state index in [0.717, 1.165) is 14.7 Å². The Hall–Kier alpha value is -1.79. The van der Waals surface area contributed by atoms with Gasteiger partial charge in [-0.25, -0.2) is 4.98 Å². The van der Waals surface area contributed by atoms with Gasteiger partial charge in [-0.2, -0.15) is 30.3 Å². The zero-order valence-corrected chi connectivity index (χ0v) is 13.4. The lowest BCUT2D eigenvalue weighted by Gasteiger charge is -2.09. The molecule has 12 heteroatoms. The fraction of sp³-hybridized carbons (Fsp3) is 0.444. The molecule has 0 saturated heterocycles. The van der Waals surface area contributed by atoms with Gasteiger partial charge in [0.15, 0.2) is 0 Å². The van der Waals surface area contributed by atoms with Gasteiger partial charge >= 0.3 is 20.2 Å². The second-order valence-corrected chi connectivity index (χ2v) is 8.13. The first-order valence-corrected chi connectivity index (χ1v) is 8.54. The minimum absolute atomic E-state index is 0.374. The molecule has 0 bridgehead atoms. The molecule has 10 nitrogen and oxygen atoms in total. The highest BCUT2D eigenvalue weighted by Crippen LogP contribution is 2.12. The SMILES string of the molecule is Cc1cc(C)n(S(=O)(=O)c2ncn(S(=O)(=O)N(C)C)n2)n1. The van der Waals surface area contributed by atoms with Crippen LogP contribution in [-0.2, 0) is 20.2 Å². The Bertz CT molecular complexity index is 877. The summed E-state index contributed by atoms with van der Waals surface area (Å²) in [5.74, 6) is 0. The molecule has 2 heterocycles. The van der Waals surface area contributed by atoms with Crippen LogP contribution in [0.5, 0.6) is 0 Å². The summed E-state index contributed by atoms with van der Waals surface area (Å²) in [6, 6.07) is 1.57. The van der Waals surface area contributed by atoms with Gasteiger partial charge in [0.1, 0.15) is 6.33 Å². The summed E-state index contributed by atoms with van der Waals surface area (Å²) >= 11 is 0. The van der Waals surface area contributed by atoms with Crippen LogP contribution in [0.3, 0.4) is 0 Å². The van der Waals surface area contributed by atoms with E-state index < -0.39 is 25.4 Å². The summed E-state index contributed by atoms with van der Waals surface area (Å²) < 4.78 is 50.5. The van der Waals surface area contributed by atoms with Gasteiger partial charge in [0.05, 0.1) is 11.4 Å². The minimum Gasteiger partial charge on any atom is -0.203 e. The summed E-state index contributed by atoms with van der Waals surface area (Å²) in [6.07, 6.45) is 0.827. The quantitative estimate of drug-likeness (QED) is 0.702. The van der Waals surface area contributed by atoms with Crippen LogP contribution in [0.25, 0.3) is 0 Å². The van der Waals surface area contributed by atoms with Crippen molar-refractivity contribution in [2.24, 2.45) is 0 Å². The predicted octanol–water partition coefficient (Wildman–Crippen LogP) is -1.02. The standard InChI is InChI=1S/C9H14N6O4S2/c1-7-5-8(2)15(11-7)20(16,17)9-10-6-14(12-9)21(18,19)13(3)4/h5-6H,1-4H3. The summed E-state index contributed by atoms with van der Waals surface area (Å²) in [5, 5.41) is 6.73. The van der Waals surface area contributed by atoms with Crippen molar-refractivity contribution >= 4 is 20.2 Å². The van der Waals surface area contributed by atoms with E-state index in [4.69, 9.17) is 0 Å². The van der Waals surface area contributed by atoms with E-state index in [2.05, 4.69) is 15.2 Å². The third-order valence-corrected chi connectivity index (χ3v) is 5.62. The highest BCUT2D eigenvalue weighted by Gasteiger charge is 2.28. The Morgan fingerprint density at radius 3 is 2.19 bits per heavy atom. The van der Waals surface area contributed by atoms with Crippen molar-refractivity contribution < 1.29 is 16.8 Å². The average molecular weight is 334 g/mol. The van der Waals surface area contributed by atoms with E-state index in [-0.39, 0.29) is 0 Å². The highest BCUT2D eigenvalue weighted by molar-refractivity contribution is 7.89. The molecule has 0 saturated carbocycles. The number of hydrogen-bond acceptors (Lipinski definition) is 7. The Balaban J connectivity index is 2.54. The Morgan fingerprint density at radius 2 is 1.71 bits per heavy atom. The van der Waals surface area contributed by atoms with Crippen LogP contribution in [0.4, 0.5) is 0 Å². The normalized spacial score (nSPS) is 13.0. The Kier molecular flexibility index (Phi) is 3.63. The van der Waals surface area contributed by atoms with E-state index >= 15 is 0 Å². The smallest absolute Gasteiger partial charge is 0.203 e. The monoisotopic (exact) mass is 334 g/mol. The molecule has 116 valence electrons. The van der Waals surface area contributed by atoms with E-state index in [9.17, 15) is 16.8 Å². The Morgan fingerprint density at radius 1 is 1.10 bits per heavy atom. The molecule has 21 heavy (non-hydrogen) atoms. The summed E-state index contributed by atoms with van der Waals surface area (Å²) in [5.41, 5.74) is 0.885. The fourth-order valence-corrected chi connectivity index (χ4v) is 3.49. The van der Waals surface area contributed by atoms with Gasteiger partial charge in [-0.15, -0.1) is 9.19 Å². The molecule has 0 aliphatic heterocycles. The van der Waals surface area contributed by atoms with E-state index in [0.29, 0.717) is 15.5 Å². The predicted molar refractivity (Wildman–Crippen MR) is 72.3 cm³/mol. The first-order chi connectivity index (χ1) is 9.56.